The molecule has 1 aromatic rings. The average Bonchev–Trinajstić information content (AvgIpc) is 2.83. The topological polar surface area (TPSA) is 24.9 Å². The minimum Gasteiger partial charge on any atom is -0.308 e. The number of nitrogens with zero attached hydrogens (tertiary/aromatic N) is 1. The van der Waals surface area contributed by atoms with Gasteiger partial charge in [-0.15, -0.1) is 11.3 Å². The normalized spacial score (nSPS) is 35.3. The van der Waals surface area contributed by atoms with Gasteiger partial charge in [0.05, 0.1) is 11.2 Å². The summed E-state index contributed by atoms with van der Waals surface area (Å²) in [6.07, 6.45) is 5.77. The molecule has 0 aliphatic heterocycles. The van der Waals surface area contributed by atoms with Gasteiger partial charge in [0.2, 0.25) is 0 Å². The molecule has 3 rings (SSSR count). The summed E-state index contributed by atoms with van der Waals surface area (Å²) in [6, 6.07) is 0.787. The van der Waals surface area contributed by atoms with Crippen LogP contribution in [0.3, 0.4) is 0 Å². The molecule has 1 unspecified atom stereocenters. The summed E-state index contributed by atoms with van der Waals surface area (Å²) < 4.78 is 0. The van der Waals surface area contributed by atoms with Crippen LogP contribution in [0.15, 0.2) is 10.9 Å². The summed E-state index contributed by atoms with van der Waals surface area (Å²) in [6.45, 7) is 0.970. The molecule has 2 nitrogen and oxygen atoms in total. The van der Waals surface area contributed by atoms with Crippen LogP contribution >= 0.6 is 11.3 Å². The molecule has 3 atom stereocenters. The van der Waals surface area contributed by atoms with Crippen molar-refractivity contribution in [1.82, 2.24) is 10.3 Å². The third kappa shape index (κ3) is 1.71. The molecule has 0 radical (unpaired) electrons. The molecule has 2 fully saturated rings. The Bertz CT molecular complexity index is 296. The maximum Gasteiger partial charge on any atom is 0.0795 e. The number of nitrogens with one attached hydrogen (secondary N) is 1. The first-order chi connectivity index (χ1) is 6.93. The van der Waals surface area contributed by atoms with E-state index < -0.39 is 0 Å². The minimum absolute atomic E-state index is 0.787. The van der Waals surface area contributed by atoms with Crippen LogP contribution in [0.4, 0.5) is 0 Å². The highest BCUT2D eigenvalue weighted by atomic mass is 32.1. The molecule has 76 valence electrons. The fourth-order valence-corrected chi connectivity index (χ4v) is 3.28. The van der Waals surface area contributed by atoms with E-state index in [4.69, 9.17) is 0 Å². The second-order valence-electron chi connectivity index (χ2n) is 4.56. The van der Waals surface area contributed by atoms with Gasteiger partial charge in [-0.05, 0) is 24.7 Å². The number of rotatable bonds is 3. The van der Waals surface area contributed by atoms with Gasteiger partial charge in [-0.2, -0.15) is 0 Å². The van der Waals surface area contributed by atoms with Gasteiger partial charge in [-0.1, -0.05) is 12.8 Å². The first kappa shape index (κ1) is 8.86. The van der Waals surface area contributed by atoms with Crippen molar-refractivity contribution in [3.05, 3.63) is 16.6 Å². The van der Waals surface area contributed by atoms with E-state index >= 15 is 0 Å². The van der Waals surface area contributed by atoms with Crippen molar-refractivity contribution in [3.63, 3.8) is 0 Å². The van der Waals surface area contributed by atoms with E-state index in [9.17, 15) is 0 Å². The van der Waals surface area contributed by atoms with Crippen LogP contribution in [0, 0.1) is 11.8 Å². The first-order valence-electron chi connectivity index (χ1n) is 5.54. The Morgan fingerprint density at radius 1 is 1.50 bits per heavy atom. The molecule has 1 aromatic heterocycles. The number of hydrogen-bond acceptors (Lipinski definition) is 3. The molecule has 2 aliphatic rings. The van der Waals surface area contributed by atoms with Gasteiger partial charge >= 0.3 is 0 Å². The number of aromatic nitrogens is 1. The van der Waals surface area contributed by atoms with Crippen LogP contribution in [-0.4, -0.2) is 11.0 Å². The Hall–Kier alpha value is -0.410. The molecule has 0 amide bonds. The van der Waals surface area contributed by atoms with E-state index in [0.29, 0.717) is 0 Å². The third-order valence-corrected chi connectivity index (χ3v) is 4.25. The van der Waals surface area contributed by atoms with Gasteiger partial charge in [0.25, 0.3) is 0 Å². The minimum atomic E-state index is 0.787. The molecule has 2 saturated carbocycles. The van der Waals surface area contributed by atoms with Gasteiger partial charge in [0.1, 0.15) is 0 Å². The SMILES string of the molecule is c1nc(CNC2CCC[C@@H]3C[C@H]23)cs1. The highest BCUT2D eigenvalue weighted by molar-refractivity contribution is 7.07. The smallest absolute Gasteiger partial charge is 0.0795 e. The fourth-order valence-electron chi connectivity index (χ4n) is 2.72. The predicted octanol–water partition coefficient (Wildman–Crippen LogP) is 2.42. The van der Waals surface area contributed by atoms with Crippen LogP contribution in [-0.2, 0) is 6.54 Å². The molecule has 0 saturated heterocycles. The van der Waals surface area contributed by atoms with E-state index in [2.05, 4.69) is 15.7 Å². The Kier molecular flexibility index (Phi) is 2.30. The monoisotopic (exact) mass is 208 g/mol. The molecule has 0 bridgehead atoms. The van der Waals surface area contributed by atoms with Crippen molar-refractivity contribution in [2.24, 2.45) is 11.8 Å². The summed E-state index contributed by atoms with van der Waals surface area (Å²) in [5.74, 6) is 2.07. The van der Waals surface area contributed by atoms with E-state index in [0.717, 1.165) is 24.4 Å². The quantitative estimate of drug-likeness (QED) is 0.825. The average molecular weight is 208 g/mol. The van der Waals surface area contributed by atoms with Gasteiger partial charge in [-0.3, -0.25) is 0 Å². The van der Waals surface area contributed by atoms with Crippen molar-refractivity contribution in [2.45, 2.75) is 38.3 Å². The molecular formula is C11H16N2S. The summed E-state index contributed by atoms with van der Waals surface area (Å²) in [4.78, 5) is 4.30. The van der Waals surface area contributed by atoms with Crippen molar-refractivity contribution in [3.8, 4) is 0 Å². The van der Waals surface area contributed by atoms with Crippen LogP contribution in [0.25, 0.3) is 0 Å². The standard InChI is InChI=1S/C11H16N2S/c1-2-8-4-10(8)11(3-1)12-5-9-6-14-7-13-9/h6-8,10-12H,1-5H2/t8-,10+,11?/m1/s1. The number of fused-ring (bicyclic) bond motifs is 1. The molecule has 0 aromatic carbocycles. The summed E-state index contributed by atoms with van der Waals surface area (Å²) in [7, 11) is 0. The molecule has 14 heavy (non-hydrogen) atoms. The zero-order valence-corrected chi connectivity index (χ0v) is 9.09. The second-order valence-corrected chi connectivity index (χ2v) is 5.28. The lowest BCUT2D eigenvalue weighted by atomic mass is 9.95. The van der Waals surface area contributed by atoms with Crippen molar-refractivity contribution in [1.29, 1.82) is 0 Å². The van der Waals surface area contributed by atoms with Gasteiger partial charge < -0.3 is 5.32 Å². The molecule has 1 heterocycles. The summed E-state index contributed by atoms with van der Waals surface area (Å²) in [5, 5.41) is 5.80. The highest BCUT2D eigenvalue weighted by Gasteiger charge is 2.44. The lowest BCUT2D eigenvalue weighted by molar-refractivity contribution is 0.351. The Labute approximate surface area is 88.7 Å². The fraction of sp³-hybridized carbons (Fsp3) is 0.727. The van der Waals surface area contributed by atoms with E-state index in [1.165, 1.54) is 31.4 Å². The van der Waals surface area contributed by atoms with Gasteiger partial charge in [0.15, 0.2) is 0 Å². The third-order valence-electron chi connectivity index (χ3n) is 3.61. The van der Waals surface area contributed by atoms with Crippen LogP contribution in [0.5, 0.6) is 0 Å². The van der Waals surface area contributed by atoms with Crippen LogP contribution in [0.2, 0.25) is 0 Å². The van der Waals surface area contributed by atoms with E-state index in [1.807, 2.05) is 5.51 Å². The highest BCUT2D eigenvalue weighted by Crippen LogP contribution is 2.49. The Morgan fingerprint density at radius 3 is 3.36 bits per heavy atom. The zero-order valence-electron chi connectivity index (χ0n) is 8.28. The summed E-state index contributed by atoms with van der Waals surface area (Å²) in [5.41, 5.74) is 3.12. The first-order valence-corrected chi connectivity index (χ1v) is 6.48. The maximum absolute atomic E-state index is 4.30. The van der Waals surface area contributed by atoms with Crippen molar-refractivity contribution < 1.29 is 0 Å². The Morgan fingerprint density at radius 2 is 2.50 bits per heavy atom. The lowest BCUT2D eigenvalue weighted by Gasteiger charge is -2.22. The van der Waals surface area contributed by atoms with Gasteiger partial charge in [-0.25, -0.2) is 4.98 Å². The Balaban J connectivity index is 1.52. The molecule has 2 aliphatic carbocycles. The van der Waals surface area contributed by atoms with Crippen LogP contribution in [0.1, 0.15) is 31.4 Å². The molecule has 1 N–H and O–H groups in total. The number of hydrogen-bond donors (Lipinski definition) is 1. The largest absolute Gasteiger partial charge is 0.308 e. The van der Waals surface area contributed by atoms with Crippen LogP contribution < -0.4 is 5.32 Å². The van der Waals surface area contributed by atoms with Crippen molar-refractivity contribution >= 4 is 11.3 Å². The molecular weight excluding hydrogens is 192 g/mol. The zero-order chi connectivity index (χ0) is 9.38. The van der Waals surface area contributed by atoms with Crippen molar-refractivity contribution in [2.75, 3.05) is 0 Å². The predicted molar refractivity (Wildman–Crippen MR) is 58.2 cm³/mol. The van der Waals surface area contributed by atoms with E-state index in [1.54, 1.807) is 11.3 Å². The lowest BCUT2D eigenvalue weighted by Crippen LogP contribution is -2.33. The second kappa shape index (κ2) is 3.63. The number of thiazole rings is 1. The van der Waals surface area contributed by atoms with E-state index in [-0.39, 0.29) is 0 Å². The summed E-state index contributed by atoms with van der Waals surface area (Å²) >= 11 is 1.69. The maximum atomic E-state index is 4.30. The van der Waals surface area contributed by atoms with Gasteiger partial charge in [0, 0.05) is 18.0 Å². The molecule has 0 spiro atoms. The molecule has 3 heteroatoms.